The Kier molecular flexibility index (Phi) is 3.63. The maximum Gasteiger partial charge on any atom is 0.304 e. The first-order valence-corrected chi connectivity index (χ1v) is 5.75. The molecule has 0 aromatic heterocycles. The molecule has 0 aliphatic rings. The monoisotopic (exact) mass is 286 g/mol. The molecule has 0 aliphatic heterocycles. The number of phenols is 1. The summed E-state index contributed by atoms with van der Waals surface area (Å²) in [6.45, 7) is 5.48. The van der Waals surface area contributed by atoms with Gasteiger partial charge in [-0.1, -0.05) is 26.0 Å². The molecule has 0 saturated heterocycles. The lowest BCUT2D eigenvalue weighted by Crippen LogP contribution is -2.21. The molecule has 0 aliphatic carbocycles. The van der Waals surface area contributed by atoms with Crippen molar-refractivity contribution in [1.29, 1.82) is 0 Å². The quantitative estimate of drug-likeness (QED) is 0.897. The zero-order valence-electron chi connectivity index (χ0n) is 9.54. The first kappa shape index (κ1) is 13.0. The molecular weight excluding hydrogens is 272 g/mol. The third-order valence-corrected chi connectivity index (χ3v) is 3.63. The van der Waals surface area contributed by atoms with Gasteiger partial charge >= 0.3 is 5.97 Å². The Balaban J connectivity index is 3.23. The van der Waals surface area contributed by atoms with E-state index in [4.69, 9.17) is 5.11 Å². The van der Waals surface area contributed by atoms with Crippen LogP contribution in [0.2, 0.25) is 0 Å². The summed E-state index contributed by atoms with van der Waals surface area (Å²) in [5.41, 5.74) is 0.978. The van der Waals surface area contributed by atoms with E-state index in [9.17, 15) is 9.90 Å². The number of rotatable bonds is 3. The van der Waals surface area contributed by atoms with E-state index in [0.29, 0.717) is 10.0 Å². The molecule has 3 nitrogen and oxygen atoms in total. The predicted molar refractivity (Wildman–Crippen MR) is 65.8 cm³/mol. The molecule has 4 heteroatoms. The second-order valence-corrected chi connectivity index (χ2v) is 5.34. The number of aromatic hydroxyl groups is 1. The van der Waals surface area contributed by atoms with Gasteiger partial charge in [-0.3, -0.25) is 4.79 Å². The van der Waals surface area contributed by atoms with Crippen LogP contribution in [0.25, 0.3) is 0 Å². The number of carboxylic acid groups (broad SMARTS) is 1. The van der Waals surface area contributed by atoms with Gasteiger partial charge in [-0.15, -0.1) is 0 Å². The highest BCUT2D eigenvalue weighted by atomic mass is 79.9. The minimum absolute atomic E-state index is 0.0178. The van der Waals surface area contributed by atoms with Crippen molar-refractivity contribution < 1.29 is 15.0 Å². The van der Waals surface area contributed by atoms with Crippen LogP contribution in [0, 0.1) is 6.92 Å². The zero-order chi connectivity index (χ0) is 12.5. The predicted octanol–water partition coefficient (Wildman–Crippen LogP) is 3.22. The fourth-order valence-corrected chi connectivity index (χ4v) is 2.03. The normalized spacial score (nSPS) is 11.5. The minimum Gasteiger partial charge on any atom is -0.506 e. The van der Waals surface area contributed by atoms with Crippen LogP contribution in [0.4, 0.5) is 0 Å². The molecule has 1 aromatic carbocycles. The molecular formula is C12H15BrO3. The van der Waals surface area contributed by atoms with Crippen molar-refractivity contribution in [3.8, 4) is 5.75 Å². The van der Waals surface area contributed by atoms with Gasteiger partial charge in [-0.2, -0.15) is 0 Å². The highest BCUT2D eigenvalue weighted by molar-refractivity contribution is 9.10. The Morgan fingerprint density at radius 3 is 2.50 bits per heavy atom. The number of benzene rings is 1. The van der Waals surface area contributed by atoms with E-state index in [-0.39, 0.29) is 12.2 Å². The maximum absolute atomic E-state index is 10.8. The number of aryl methyl sites for hydroxylation is 1. The van der Waals surface area contributed by atoms with Gasteiger partial charge in [0.25, 0.3) is 0 Å². The molecule has 0 atom stereocenters. The van der Waals surface area contributed by atoms with E-state index in [1.165, 1.54) is 0 Å². The largest absolute Gasteiger partial charge is 0.506 e. The van der Waals surface area contributed by atoms with E-state index in [1.54, 1.807) is 19.9 Å². The first-order chi connectivity index (χ1) is 7.25. The number of aliphatic carboxylic acids is 1. The third kappa shape index (κ3) is 2.55. The molecule has 0 saturated carbocycles. The van der Waals surface area contributed by atoms with Crippen molar-refractivity contribution >= 4 is 21.9 Å². The van der Waals surface area contributed by atoms with Gasteiger partial charge in [0.15, 0.2) is 0 Å². The lowest BCUT2D eigenvalue weighted by atomic mass is 9.81. The van der Waals surface area contributed by atoms with Gasteiger partial charge in [0.1, 0.15) is 5.75 Å². The van der Waals surface area contributed by atoms with Crippen LogP contribution >= 0.6 is 15.9 Å². The van der Waals surface area contributed by atoms with E-state index in [0.717, 1.165) is 5.56 Å². The summed E-state index contributed by atoms with van der Waals surface area (Å²) < 4.78 is 0.628. The molecule has 0 radical (unpaired) electrons. The number of carboxylic acids is 1. The molecule has 0 fully saturated rings. The number of phenolic OH excluding ortho intramolecular Hbond substituents is 1. The van der Waals surface area contributed by atoms with Gasteiger partial charge in [0.05, 0.1) is 10.9 Å². The average molecular weight is 287 g/mol. The van der Waals surface area contributed by atoms with Gasteiger partial charge in [0.2, 0.25) is 0 Å². The summed E-state index contributed by atoms with van der Waals surface area (Å²) in [6.07, 6.45) is -0.0178. The van der Waals surface area contributed by atoms with Crippen molar-refractivity contribution in [2.45, 2.75) is 32.6 Å². The third-order valence-electron chi connectivity index (χ3n) is 2.63. The summed E-state index contributed by atoms with van der Waals surface area (Å²) in [6, 6.07) is 3.64. The Hall–Kier alpha value is -1.03. The van der Waals surface area contributed by atoms with Crippen LogP contribution in [0.3, 0.4) is 0 Å². The molecule has 2 N–H and O–H groups in total. The molecule has 0 bridgehead atoms. The Morgan fingerprint density at radius 1 is 1.44 bits per heavy atom. The average Bonchev–Trinajstić information content (AvgIpc) is 2.11. The van der Waals surface area contributed by atoms with Crippen LogP contribution in [0.5, 0.6) is 5.75 Å². The summed E-state index contributed by atoms with van der Waals surface area (Å²) in [7, 11) is 0. The van der Waals surface area contributed by atoms with Crippen LogP contribution in [0.1, 0.15) is 31.4 Å². The van der Waals surface area contributed by atoms with E-state index >= 15 is 0 Å². The molecule has 16 heavy (non-hydrogen) atoms. The summed E-state index contributed by atoms with van der Waals surface area (Å²) in [5.74, 6) is -0.743. The molecule has 0 unspecified atom stereocenters. The zero-order valence-corrected chi connectivity index (χ0v) is 11.1. The van der Waals surface area contributed by atoms with Crippen LogP contribution in [0.15, 0.2) is 16.6 Å². The topological polar surface area (TPSA) is 57.5 Å². The van der Waals surface area contributed by atoms with Crippen molar-refractivity contribution in [2.24, 2.45) is 0 Å². The highest BCUT2D eigenvalue weighted by Gasteiger charge is 2.28. The summed E-state index contributed by atoms with van der Waals surface area (Å²) >= 11 is 3.29. The summed E-state index contributed by atoms with van der Waals surface area (Å²) in [4.78, 5) is 10.8. The van der Waals surface area contributed by atoms with E-state index in [1.807, 2.05) is 13.0 Å². The minimum atomic E-state index is -0.874. The second-order valence-electron chi connectivity index (χ2n) is 4.55. The molecule has 88 valence electrons. The first-order valence-electron chi connectivity index (χ1n) is 4.96. The molecule has 0 amide bonds. The van der Waals surface area contributed by atoms with Crippen LogP contribution < -0.4 is 0 Å². The van der Waals surface area contributed by atoms with Crippen molar-refractivity contribution in [2.75, 3.05) is 0 Å². The van der Waals surface area contributed by atoms with Crippen molar-refractivity contribution in [3.05, 3.63) is 27.7 Å². The molecule has 0 spiro atoms. The fourth-order valence-electron chi connectivity index (χ4n) is 1.68. The number of carbonyl (C=O) groups is 1. The second kappa shape index (κ2) is 4.45. The lowest BCUT2D eigenvalue weighted by molar-refractivity contribution is -0.138. The Labute approximate surface area is 103 Å². The molecule has 1 aromatic rings. The fraction of sp³-hybridized carbons (Fsp3) is 0.417. The molecule has 0 heterocycles. The standard InChI is InChI=1S/C12H15BrO3/c1-7-4-5-8(11(16)10(7)13)12(2,3)6-9(14)15/h4-5,16H,6H2,1-3H3,(H,14,15). The number of hydrogen-bond acceptors (Lipinski definition) is 2. The number of halogens is 1. The SMILES string of the molecule is Cc1ccc(C(C)(C)CC(=O)O)c(O)c1Br. The van der Waals surface area contributed by atoms with Crippen LogP contribution in [-0.2, 0) is 10.2 Å². The van der Waals surface area contributed by atoms with Gasteiger partial charge in [-0.25, -0.2) is 0 Å². The Morgan fingerprint density at radius 2 is 2.00 bits per heavy atom. The molecule has 1 rings (SSSR count). The lowest BCUT2D eigenvalue weighted by Gasteiger charge is -2.25. The van der Waals surface area contributed by atoms with Crippen molar-refractivity contribution in [1.82, 2.24) is 0 Å². The van der Waals surface area contributed by atoms with E-state index in [2.05, 4.69) is 15.9 Å². The highest BCUT2D eigenvalue weighted by Crippen LogP contribution is 2.39. The van der Waals surface area contributed by atoms with Gasteiger partial charge < -0.3 is 10.2 Å². The number of hydrogen-bond donors (Lipinski definition) is 2. The maximum atomic E-state index is 10.8. The van der Waals surface area contributed by atoms with E-state index < -0.39 is 11.4 Å². The van der Waals surface area contributed by atoms with Crippen LogP contribution in [-0.4, -0.2) is 16.2 Å². The summed E-state index contributed by atoms with van der Waals surface area (Å²) in [5, 5.41) is 18.8. The Bertz CT molecular complexity index is 425. The van der Waals surface area contributed by atoms with Gasteiger partial charge in [-0.05, 0) is 28.4 Å². The van der Waals surface area contributed by atoms with Gasteiger partial charge in [0, 0.05) is 11.0 Å². The van der Waals surface area contributed by atoms with Crippen molar-refractivity contribution in [3.63, 3.8) is 0 Å². The smallest absolute Gasteiger partial charge is 0.304 e.